The predicted molar refractivity (Wildman–Crippen MR) is 107 cm³/mol. The molecule has 0 unspecified atom stereocenters. The van der Waals surface area contributed by atoms with Gasteiger partial charge in [-0.2, -0.15) is 4.31 Å². The average Bonchev–Trinajstić information content (AvgIpc) is 3.09. The van der Waals surface area contributed by atoms with Gasteiger partial charge in [0.15, 0.2) is 0 Å². The van der Waals surface area contributed by atoms with Crippen molar-refractivity contribution in [1.29, 1.82) is 0 Å². The van der Waals surface area contributed by atoms with Gasteiger partial charge in [-0.25, -0.2) is 8.42 Å². The minimum atomic E-state index is -3.64. The van der Waals surface area contributed by atoms with Crippen molar-refractivity contribution in [1.82, 2.24) is 4.31 Å². The van der Waals surface area contributed by atoms with E-state index in [2.05, 4.69) is 33.0 Å². The van der Waals surface area contributed by atoms with Crippen LogP contribution >= 0.6 is 11.3 Å². The number of anilines is 1. The molecular formula is C19H26N2O3S2. The van der Waals surface area contributed by atoms with Crippen LogP contribution in [-0.2, 0) is 14.8 Å². The third-order valence-corrected chi connectivity index (χ3v) is 7.34. The van der Waals surface area contributed by atoms with E-state index >= 15 is 0 Å². The third kappa shape index (κ3) is 4.52. The van der Waals surface area contributed by atoms with E-state index in [1.54, 1.807) is 17.5 Å². The SMILES string of the molecule is CC(C)c1cccc(C(C)C)c1NC(=O)CN(C)S(=O)(=O)c1cccs1. The van der Waals surface area contributed by atoms with Crippen molar-refractivity contribution in [3.63, 3.8) is 0 Å². The number of carbonyl (C=O) groups excluding carboxylic acids is 1. The molecule has 1 amide bonds. The summed E-state index contributed by atoms with van der Waals surface area (Å²) in [6.45, 7) is 8.06. The molecular weight excluding hydrogens is 368 g/mol. The second-order valence-electron chi connectivity index (χ2n) is 6.86. The highest BCUT2D eigenvalue weighted by atomic mass is 32.2. The number of thiophene rings is 1. The molecule has 0 bridgehead atoms. The Morgan fingerprint density at radius 3 is 2.12 bits per heavy atom. The Hall–Kier alpha value is -1.70. The zero-order chi connectivity index (χ0) is 19.5. The fourth-order valence-corrected chi connectivity index (χ4v) is 5.05. The number of hydrogen-bond acceptors (Lipinski definition) is 4. The molecule has 1 N–H and O–H groups in total. The summed E-state index contributed by atoms with van der Waals surface area (Å²) in [5.74, 6) is 0.149. The van der Waals surface area contributed by atoms with Gasteiger partial charge >= 0.3 is 0 Å². The summed E-state index contributed by atoms with van der Waals surface area (Å²) < 4.78 is 26.3. The van der Waals surface area contributed by atoms with Gasteiger partial charge in [-0.05, 0) is 34.4 Å². The summed E-state index contributed by atoms with van der Waals surface area (Å²) in [6, 6.07) is 9.21. The summed E-state index contributed by atoms with van der Waals surface area (Å²) in [7, 11) is -2.22. The first-order valence-corrected chi connectivity index (χ1v) is 10.9. The first-order chi connectivity index (χ1) is 12.1. The Bertz CT molecular complexity index is 831. The highest BCUT2D eigenvalue weighted by molar-refractivity contribution is 7.91. The standard InChI is InChI=1S/C19H26N2O3S2/c1-13(2)15-8-6-9-16(14(3)4)19(15)20-17(22)12-21(5)26(23,24)18-10-7-11-25-18/h6-11,13-14H,12H2,1-5H3,(H,20,22). The van der Waals surface area contributed by atoms with Gasteiger partial charge in [-0.3, -0.25) is 4.79 Å². The topological polar surface area (TPSA) is 66.5 Å². The lowest BCUT2D eigenvalue weighted by atomic mass is 9.92. The van der Waals surface area contributed by atoms with Crippen LogP contribution in [0.1, 0.15) is 50.7 Å². The Labute approximate surface area is 160 Å². The molecule has 26 heavy (non-hydrogen) atoms. The van der Waals surface area contributed by atoms with Crippen LogP contribution in [0.15, 0.2) is 39.9 Å². The lowest BCUT2D eigenvalue weighted by molar-refractivity contribution is -0.116. The summed E-state index contributed by atoms with van der Waals surface area (Å²) in [4.78, 5) is 12.6. The molecule has 0 aliphatic heterocycles. The third-order valence-electron chi connectivity index (χ3n) is 4.16. The van der Waals surface area contributed by atoms with Gasteiger partial charge in [0.1, 0.15) is 4.21 Å². The van der Waals surface area contributed by atoms with Gasteiger partial charge in [0, 0.05) is 12.7 Å². The molecule has 0 aliphatic rings. The molecule has 1 aromatic carbocycles. The number of hydrogen-bond donors (Lipinski definition) is 1. The van der Waals surface area contributed by atoms with Crippen LogP contribution in [0, 0.1) is 0 Å². The van der Waals surface area contributed by atoms with E-state index in [1.165, 1.54) is 7.05 Å². The fourth-order valence-electron chi connectivity index (χ4n) is 2.73. The van der Waals surface area contributed by atoms with Gasteiger partial charge in [0.25, 0.3) is 10.0 Å². The van der Waals surface area contributed by atoms with Crippen LogP contribution in [0.5, 0.6) is 0 Å². The second-order valence-corrected chi connectivity index (χ2v) is 10.1. The molecule has 0 atom stereocenters. The molecule has 1 aromatic heterocycles. The number of benzene rings is 1. The summed E-state index contributed by atoms with van der Waals surface area (Å²) >= 11 is 1.14. The maximum atomic E-state index is 12.6. The van der Waals surface area contributed by atoms with Crippen LogP contribution in [0.2, 0.25) is 0 Å². The van der Waals surface area contributed by atoms with Crippen LogP contribution in [0.4, 0.5) is 5.69 Å². The first-order valence-electron chi connectivity index (χ1n) is 8.57. The number of likely N-dealkylation sites (N-methyl/N-ethyl adjacent to an activating group) is 1. The molecule has 0 saturated carbocycles. The number of sulfonamides is 1. The molecule has 2 aromatic rings. The van der Waals surface area contributed by atoms with Crippen molar-refractivity contribution in [3.8, 4) is 0 Å². The first kappa shape index (κ1) is 20.6. The molecule has 142 valence electrons. The smallest absolute Gasteiger partial charge is 0.252 e. The Kier molecular flexibility index (Phi) is 6.60. The molecule has 2 rings (SSSR count). The highest BCUT2D eigenvalue weighted by Crippen LogP contribution is 2.32. The lowest BCUT2D eigenvalue weighted by Gasteiger charge is -2.21. The van der Waals surface area contributed by atoms with E-state index in [0.29, 0.717) is 0 Å². The van der Waals surface area contributed by atoms with E-state index in [4.69, 9.17) is 0 Å². The number of amides is 1. The van der Waals surface area contributed by atoms with Crippen molar-refractivity contribution in [2.24, 2.45) is 0 Å². The van der Waals surface area contributed by atoms with Crippen LogP contribution < -0.4 is 5.32 Å². The molecule has 0 radical (unpaired) electrons. The van der Waals surface area contributed by atoms with Gasteiger partial charge in [-0.1, -0.05) is 52.0 Å². The Morgan fingerprint density at radius 2 is 1.65 bits per heavy atom. The zero-order valence-corrected chi connectivity index (χ0v) is 17.4. The molecule has 0 aliphatic carbocycles. The quantitative estimate of drug-likeness (QED) is 0.763. The van der Waals surface area contributed by atoms with Gasteiger partial charge in [0.2, 0.25) is 5.91 Å². The summed E-state index contributed by atoms with van der Waals surface area (Å²) in [5.41, 5.74) is 2.89. The predicted octanol–water partition coefficient (Wildman–Crippen LogP) is 4.25. The molecule has 7 heteroatoms. The minimum absolute atomic E-state index is 0.232. The fraction of sp³-hybridized carbons (Fsp3) is 0.421. The van der Waals surface area contributed by atoms with Crippen molar-refractivity contribution in [2.75, 3.05) is 18.9 Å². The summed E-state index contributed by atoms with van der Waals surface area (Å²) in [5, 5.41) is 4.65. The van der Waals surface area contributed by atoms with Crippen LogP contribution in [0.25, 0.3) is 0 Å². The average molecular weight is 395 g/mol. The van der Waals surface area contributed by atoms with Gasteiger partial charge in [-0.15, -0.1) is 11.3 Å². The van der Waals surface area contributed by atoms with E-state index in [0.717, 1.165) is 32.5 Å². The number of carbonyl (C=O) groups is 1. The van der Waals surface area contributed by atoms with Crippen molar-refractivity contribution in [3.05, 3.63) is 46.8 Å². The molecule has 5 nitrogen and oxygen atoms in total. The number of para-hydroxylation sites is 1. The van der Waals surface area contributed by atoms with Gasteiger partial charge < -0.3 is 5.32 Å². The number of nitrogens with one attached hydrogen (secondary N) is 1. The second kappa shape index (κ2) is 8.33. The highest BCUT2D eigenvalue weighted by Gasteiger charge is 2.24. The lowest BCUT2D eigenvalue weighted by Crippen LogP contribution is -2.35. The molecule has 0 saturated heterocycles. The zero-order valence-electron chi connectivity index (χ0n) is 15.8. The number of nitrogens with zero attached hydrogens (tertiary/aromatic N) is 1. The van der Waals surface area contributed by atoms with E-state index in [-0.39, 0.29) is 28.5 Å². The summed E-state index contributed by atoms with van der Waals surface area (Å²) in [6.07, 6.45) is 0. The molecule has 1 heterocycles. The monoisotopic (exact) mass is 394 g/mol. The number of rotatable bonds is 7. The minimum Gasteiger partial charge on any atom is -0.324 e. The van der Waals surface area contributed by atoms with Crippen LogP contribution in [0.3, 0.4) is 0 Å². The van der Waals surface area contributed by atoms with Gasteiger partial charge in [0.05, 0.1) is 6.54 Å². The molecule has 0 spiro atoms. The maximum absolute atomic E-state index is 12.6. The largest absolute Gasteiger partial charge is 0.324 e. The van der Waals surface area contributed by atoms with Crippen molar-refractivity contribution >= 4 is 33.0 Å². The Morgan fingerprint density at radius 1 is 1.08 bits per heavy atom. The van der Waals surface area contributed by atoms with E-state index in [1.807, 2.05) is 18.2 Å². The van der Waals surface area contributed by atoms with E-state index < -0.39 is 10.0 Å². The van der Waals surface area contributed by atoms with Crippen molar-refractivity contribution < 1.29 is 13.2 Å². The van der Waals surface area contributed by atoms with Crippen molar-refractivity contribution in [2.45, 2.75) is 43.7 Å². The normalized spacial score (nSPS) is 12.2. The Balaban J connectivity index is 2.23. The van der Waals surface area contributed by atoms with E-state index in [9.17, 15) is 13.2 Å². The molecule has 0 fully saturated rings. The van der Waals surface area contributed by atoms with Crippen LogP contribution in [-0.4, -0.2) is 32.2 Å². The maximum Gasteiger partial charge on any atom is 0.252 e.